The topological polar surface area (TPSA) is 151 Å². The minimum Gasteiger partial charge on any atom is -0.492 e. The first-order valence-corrected chi connectivity index (χ1v) is 24.0. The summed E-state index contributed by atoms with van der Waals surface area (Å²) in [7, 11) is -3.49. The second-order valence-corrected chi connectivity index (χ2v) is 20.9. The molecule has 13 nitrogen and oxygen atoms in total. The third-order valence-electron chi connectivity index (χ3n) is 15.3. The van der Waals surface area contributed by atoms with Crippen LogP contribution in [0.3, 0.4) is 0 Å². The Balaban J connectivity index is 0.731. The number of hydrogen-bond acceptors (Lipinski definition) is 9. The molecule has 1 aliphatic carbocycles. The predicted molar refractivity (Wildman–Crippen MR) is 229 cm³/mol. The zero-order chi connectivity index (χ0) is 41.8. The summed E-state index contributed by atoms with van der Waals surface area (Å²) >= 11 is 6.56. The molecule has 2 spiro atoms. The summed E-state index contributed by atoms with van der Waals surface area (Å²) in [6.45, 7) is 3.62. The minimum atomic E-state index is -3.49. The van der Waals surface area contributed by atoms with Crippen LogP contribution in [0.5, 0.6) is 5.75 Å². The Morgan fingerprint density at radius 3 is 2.44 bits per heavy atom. The summed E-state index contributed by atoms with van der Waals surface area (Å²) < 4.78 is 37.7. The van der Waals surface area contributed by atoms with Crippen LogP contribution in [0.4, 0.5) is 0 Å². The van der Waals surface area contributed by atoms with Gasteiger partial charge in [0.15, 0.2) is 0 Å². The molecule has 1 saturated carbocycles. The van der Waals surface area contributed by atoms with Crippen molar-refractivity contribution in [2.75, 3.05) is 45.1 Å². The second kappa shape index (κ2) is 14.5. The highest BCUT2D eigenvalue weighted by Crippen LogP contribution is 2.53. The summed E-state index contributed by atoms with van der Waals surface area (Å²) in [6.07, 6.45) is 8.91. The molecule has 6 aliphatic heterocycles. The number of rotatable bonds is 6. The first-order valence-electron chi connectivity index (χ1n) is 22.0. The largest absolute Gasteiger partial charge is 0.492 e. The van der Waals surface area contributed by atoms with E-state index in [9.17, 15) is 27.6 Å². The monoisotopic (exact) mass is 864 g/mol. The van der Waals surface area contributed by atoms with E-state index in [0.29, 0.717) is 73.1 Å². The van der Waals surface area contributed by atoms with Crippen molar-refractivity contribution in [3.05, 3.63) is 97.5 Å². The molecule has 0 unspecified atom stereocenters. The lowest BCUT2D eigenvalue weighted by Crippen LogP contribution is -2.52. The van der Waals surface area contributed by atoms with Crippen LogP contribution in [0.2, 0.25) is 5.02 Å². The number of amides is 3. The maximum Gasteiger partial charge on any atom is 0.282 e. The van der Waals surface area contributed by atoms with E-state index in [1.165, 1.54) is 17.5 Å². The highest BCUT2D eigenvalue weighted by atomic mass is 35.5. The SMILES string of the molecule is O=C1CC[C@H](N2Cc3c(ccc4c3OCC43CCN(S(=O)(=O)CCN4CCC(c5ccc6c(c5)C5(CCCCC5)c5nc(=O)c7c(Cl)cccc7n5-6)CC4)CC3)C2=O)C(=O)N1. The van der Waals surface area contributed by atoms with Crippen LogP contribution in [0.1, 0.15) is 115 Å². The average Bonchev–Trinajstić information content (AvgIpc) is 3.88. The van der Waals surface area contributed by atoms with E-state index in [1.807, 2.05) is 24.3 Å². The van der Waals surface area contributed by atoms with E-state index in [0.717, 1.165) is 79.8 Å². The van der Waals surface area contributed by atoms with Crippen LogP contribution in [-0.2, 0) is 37.0 Å². The number of carbonyl (C=O) groups excluding carboxylic acids is 3. The zero-order valence-electron chi connectivity index (χ0n) is 34.1. The fraction of sp³-hybridized carbons (Fsp3) is 0.500. The van der Waals surface area contributed by atoms with Gasteiger partial charge in [-0.2, -0.15) is 4.98 Å². The lowest BCUT2D eigenvalue weighted by atomic mass is 9.69. The molecule has 318 valence electrons. The summed E-state index contributed by atoms with van der Waals surface area (Å²) in [6, 6.07) is 15.6. The number of aromatic nitrogens is 2. The molecule has 7 heterocycles. The van der Waals surface area contributed by atoms with Gasteiger partial charge in [0.2, 0.25) is 21.8 Å². The molecule has 3 amide bonds. The van der Waals surface area contributed by atoms with E-state index >= 15 is 0 Å². The lowest BCUT2D eigenvalue weighted by Gasteiger charge is -2.38. The Bertz CT molecular complexity index is 2710. The molecule has 3 aromatic carbocycles. The molecule has 15 heteroatoms. The van der Waals surface area contributed by atoms with Crippen LogP contribution in [0.25, 0.3) is 16.6 Å². The maximum atomic E-state index is 13.8. The number of sulfonamides is 1. The standard InChI is InChI=1S/C46H49ClN6O7S/c47-34-5-4-6-36-39(34)42(56)49-44-46(15-2-1-3-16-46)33-25-29(7-10-35(33)53(36)44)28-13-19-50(20-14-28)23-24-61(58,59)51-21-17-45(18-22-51)27-60-40-31-26-52(37-11-12-38(54)48-41(37)55)43(57)30(31)8-9-32(40)45/h4-10,25,28,37H,1-3,11-24,26-27H2,(H,48,54,55)/t37-/m0/s1. The summed E-state index contributed by atoms with van der Waals surface area (Å²) in [5, 5.41) is 3.25. The Kier molecular flexibility index (Phi) is 9.30. The number of nitrogens with zero attached hydrogens (tertiary/aromatic N) is 5. The quantitative estimate of drug-likeness (QED) is 0.255. The summed E-state index contributed by atoms with van der Waals surface area (Å²) in [4.78, 5) is 59.7. The van der Waals surface area contributed by atoms with Crippen molar-refractivity contribution in [3.8, 4) is 11.4 Å². The normalized spacial score (nSPS) is 23.6. The third-order valence-corrected chi connectivity index (χ3v) is 17.5. The van der Waals surface area contributed by atoms with E-state index in [1.54, 1.807) is 15.3 Å². The number of halogens is 1. The first kappa shape index (κ1) is 39.2. The van der Waals surface area contributed by atoms with Gasteiger partial charge in [0.05, 0.1) is 45.9 Å². The number of hydrogen-bond donors (Lipinski definition) is 1. The Morgan fingerprint density at radius 1 is 0.885 bits per heavy atom. The van der Waals surface area contributed by atoms with Gasteiger partial charge in [-0.25, -0.2) is 12.7 Å². The van der Waals surface area contributed by atoms with Gasteiger partial charge < -0.3 is 14.5 Å². The van der Waals surface area contributed by atoms with Crippen molar-refractivity contribution in [1.29, 1.82) is 0 Å². The fourth-order valence-electron chi connectivity index (χ4n) is 11.9. The van der Waals surface area contributed by atoms with Crippen LogP contribution in [0.15, 0.2) is 53.3 Å². The molecule has 0 radical (unpaired) electrons. The summed E-state index contributed by atoms with van der Waals surface area (Å²) in [5.41, 5.74) is 5.89. The van der Waals surface area contributed by atoms with Gasteiger partial charge in [-0.05, 0) is 99.3 Å². The van der Waals surface area contributed by atoms with Gasteiger partial charge in [0.25, 0.3) is 11.5 Å². The Morgan fingerprint density at radius 2 is 1.67 bits per heavy atom. The number of imide groups is 1. The van der Waals surface area contributed by atoms with Crippen LogP contribution in [0, 0.1) is 0 Å². The number of likely N-dealkylation sites (tertiary alicyclic amines) is 1. The van der Waals surface area contributed by atoms with E-state index < -0.39 is 22.0 Å². The van der Waals surface area contributed by atoms with Gasteiger partial charge in [0, 0.05) is 48.2 Å². The molecular weight excluding hydrogens is 816 g/mol. The number of ether oxygens (including phenoxy) is 1. The number of piperidine rings is 3. The second-order valence-electron chi connectivity index (χ2n) is 18.4. The number of nitrogens with one attached hydrogen (secondary N) is 1. The smallest absolute Gasteiger partial charge is 0.282 e. The van der Waals surface area contributed by atoms with E-state index in [-0.39, 0.29) is 46.9 Å². The Hall–Kier alpha value is -4.63. The van der Waals surface area contributed by atoms with Crippen molar-refractivity contribution in [2.24, 2.45) is 0 Å². The van der Waals surface area contributed by atoms with E-state index in [2.05, 4.69) is 33.0 Å². The van der Waals surface area contributed by atoms with Crippen molar-refractivity contribution in [3.63, 3.8) is 0 Å². The van der Waals surface area contributed by atoms with Crippen molar-refractivity contribution in [1.82, 2.24) is 29.0 Å². The van der Waals surface area contributed by atoms with Gasteiger partial charge in [-0.1, -0.05) is 55.1 Å². The molecule has 1 aromatic heterocycles. The first-order chi connectivity index (χ1) is 29.5. The van der Waals surface area contributed by atoms with Crippen LogP contribution >= 0.6 is 11.6 Å². The molecule has 3 saturated heterocycles. The molecule has 11 rings (SSSR count). The molecule has 7 aliphatic rings. The molecule has 1 atom stereocenters. The number of fused-ring (bicyclic) bond motifs is 11. The van der Waals surface area contributed by atoms with Crippen molar-refractivity contribution < 1.29 is 27.5 Å². The van der Waals surface area contributed by atoms with Crippen LogP contribution in [-0.4, -0.2) is 101 Å². The maximum absolute atomic E-state index is 13.8. The molecule has 4 aromatic rings. The molecule has 0 bridgehead atoms. The highest BCUT2D eigenvalue weighted by molar-refractivity contribution is 7.89. The minimum absolute atomic E-state index is 0.0765. The molecule has 61 heavy (non-hydrogen) atoms. The average molecular weight is 865 g/mol. The predicted octanol–water partition coefficient (Wildman–Crippen LogP) is 5.30. The summed E-state index contributed by atoms with van der Waals surface area (Å²) in [5.74, 6) is 0.968. The third kappa shape index (κ3) is 6.13. The molecular formula is C46H49ClN6O7S. The van der Waals surface area contributed by atoms with E-state index in [4.69, 9.17) is 21.3 Å². The lowest BCUT2D eigenvalue weighted by molar-refractivity contribution is -0.136. The van der Waals surface area contributed by atoms with Gasteiger partial charge in [-0.15, -0.1) is 0 Å². The zero-order valence-corrected chi connectivity index (χ0v) is 35.7. The van der Waals surface area contributed by atoms with Gasteiger partial charge in [-0.3, -0.25) is 29.1 Å². The number of benzene rings is 3. The van der Waals surface area contributed by atoms with Crippen LogP contribution < -0.4 is 15.6 Å². The van der Waals surface area contributed by atoms with Crippen molar-refractivity contribution >= 4 is 50.2 Å². The van der Waals surface area contributed by atoms with Gasteiger partial charge in [0.1, 0.15) is 17.6 Å². The highest BCUT2D eigenvalue weighted by Gasteiger charge is 2.50. The van der Waals surface area contributed by atoms with Crippen molar-refractivity contribution in [2.45, 2.75) is 100.0 Å². The molecule has 1 N–H and O–H groups in total. The Labute approximate surface area is 359 Å². The fourth-order valence-corrected chi connectivity index (χ4v) is 13.6. The number of carbonyl (C=O) groups is 3. The molecule has 4 fully saturated rings. The van der Waals surface area contributed by atoms with Gasteiger partial charge >= 0.3 is 0 Å².